The first-order valence-corrected chi connectivity index (χ1v) is 11.2. The van der Waals surface area contributed by atoms with Gasteiger partial charge in [-0.25, -0.2) is 9.40 Å². The average molecular weight is 480 g/mol. The Bertz CT molecular complexity index is 1210. The molecule has 1 aliphatic heterocycles. The molecule has 1 aliphatic rings. The predicted molar refractivity (Wildman–Crippen MR) is 128 cm³/mol. The number of methoxy groups -OCH3 is 1. The van der Waals surface area contributed by atoms with Crippen LogP contribution in [0, 0.1) is 5.92 Å². The maximum absolute atomic E-state index is 12.8. The Labute approximate surface area is 202 Å². The highest BCUT2D eigenvalue weighted by atomic mass is 19.1. The fraction of sp³-hybridized carbons (Fsp3) is 0.269. The molecule has 2 aromatic carbocycles. The quantitative estimate of drug-likeness (QED) is 0.466. The monoisotopic (exact) mass is 479 g/mol. The van der Waals surface area contributed by atoms with Gasteiger partial charge < -0.3 is 19.2 Å². The first kappa shape index (κ1) is 24.0. The van der Waals surface area contributed by atoms with Crippen molar-refractivity contribution >= 4 is 23.2 Å². The fourth-order valence-electron chi connectivity index (χ4n) is 3.91. The van der Waals surface area contributed by atoms with Gasteiger partial charge in [0.05, 0.1) is 25.6 Å². The fourth-order valence-corrected chi connectivity index (χ4v) is 3.91. The standard InChI is InChI=1S/C26H26FN3O5/c1-3-18-14-24(31)30(29-25(18)19-8-11-21(35-16-27)23(13-19)33-2)15-17-6-9-20(10-7-17)28-26(32)22-5-4-12-34-22/h4-13,18H,3,14-16H2,1-2H3,(H,28,32). The summed E-state index contributed by atoms with van der Waals surface area (Å²) in [5.41, 5.74) is 3.02. The minimum absolute atomic E-state index is 0.0458. The van der Waals surface area contributed by atoms with Crippen molar-refractivity contribution in [3.05, 3.63) is 77.7 Å². The van der Waals surface area contributed by atoms with Gasteiger partial charge in [-0.05, 0) is 54.4 Å². The van der Waals surface area contributed by atoms with Gasteiger partial charge in [-0.15, -0.1) is 0 Å². The summed E-state index contributed by atoms with van der Waals surface area (Å²) in [5, 5.41) is 8.90. The number of furan rings is 1. The van der Waals surface area contributed by atoms with E-state index in [1.54, 1.807) is 42.5 Å². The maximum atomic E-state index is 12.8. The van der Waals surface area contributed by atoms with E-state index < -0.39 is 6.86 Å². The first-order valence-electron chi connectivity index (χ1n) is 11.2. The molecule has 0 spiro atoms. The van der Waals surface area contributed by atoms with Crippen LogP contribution in [0.4, 0.5) is 10.1 Å². The summed E-state index contributed by atoms with van der Waals surface area (Å²) in [5.74, 6) is 0.466. The second-order valence-electron chi connectivity index (χ2n) is 7.99. The second kappa shape index (κ2) is 10.9. The van der Waals surface area contributed by atoms with Crippen LogP contribution in [-0.4, -0.2) is 36.5 Å². The SMILES string of the molecule is CCC1CC(=O)N(Cc2ccc(NC(=O)c3ccco3)cc2)N=C1c1ccc(OCF)c(OC)c1. The van der Waals surface area contributed by atoms with E-state index in [0.717, 1.165) is 23.3 Å². The molecule has 1 atom stereocenters. The third kappa shape index (κ3) is 5.51. The molecular formula is C26H26FN3O5. The number of ether oxygens (including phenoxy) is 2. The van der Waals surface area contributed by atoms with Crippen LogP contribution in [0.15, 0.2) is 70.4 Å². The number of rotatable bonds is 9. The second-order valence-corrected chi connectivity index (χ2v) is 7.99. The number of alkyl halides is 1. The molecule has 1 aromatic heterocycles. The Kier molecular flexibility index (Phi) is 7.45. The minimum atomic E-state index is -0.957. The Hall–Kier alpha value is -4.14. The third-order valence-electron chi connectivity index (χ3n) is 5.78. The topological polar surface area (TPSA) is 93.4 Å². The summed E-state index contributed by atoms with van der Waals surface area (Å²) < 4.78 is 28.1. The zero-order valence-corrected chi connectivity index (χ0v) is 19.5. The Morgan fingerprint density at radius 3 is 2.66 bits per heavy atom. The number of amides is 2. The van der Waals surface area contributed by atoms with Gasteiger partial charge in [0, 0.05) is 23.6 Å². The molecule has 1 N–H and O–H groups in total. The van der Waals surface area contributed by atoms with Crippen LogP contribution in [0.25, 0.3) is 0 Å². The molecule has 0 saturated carbocycles. The lowest BCUT2D eigenvalue weighted by molar-refractivity contribution is -0.133. The van der Waals surface area contributed by atoms with Crippen molar-refractivity contribution in [2.24, 2.45) is 11.0 Å². The number of halogens is 1. The zero-order valence-electron chi connectivity index (χ0n) is 19.5. The van der Waals surface area contributed by atoms with E-state index in [9.17, 15) is 14.0 Å². The van der Waals surface area contributed by atoms with E-state index >= 15 is 0 Å². The molecule has 182 valence electrons. The molecule has 2 amide bonds. The molecule has 2 heterocycles. The van der Waals surface area contributed by atoms with Gasteiger partial charge in [0.2, 0.25) is 12.8 Å². The number of carbonyl (C=O) groups excluding carboxylic acids is 2. The van der Waals surface area contributed by atoms with Gasteiger partial charge in [0.1, 0.15) is 0 Å². The van der Waals surface area contributed by atoms with E-state index in [1.165, 1.54) is 18.4 Å². The van der Waals surface area contributed by atoms with Crippen molar-refractivity contribution < 1.29 is 27.9 Å². The van der Waals surface area contributed by atoms with Gasteiger partial charge in [0.25, 0.3) is 5.91 Å². The molecule has 0 bridgehead atoms. The summed E-state index contributed by atoms with van der Waals surface area (Å²) in [7, 11) is 1.49. The van der Waals surface area contributed by atoms with Crippen LogP contribution >= 0.6 is 0 Å². The van der Waals surface area contributed by atoms with E-state index in [1.807, 2.05) is 19.1 Å². The summed E-state index contributed by atoms with van der Waals surface area (Å²) >= 11 is 0. The number of nitrogens with one attached hydrogen (secondary N) is 1. The average Bonchev–Trinajstić information content (AvgIpc) is 3.42. The van der Waals surface area contributed by atoms with Gasteiger partial charge in [-0.3, -0.25) is 9.59 Å². The smallest absolute Gasteiger partial charge is 0.291 e. The van der Waals surface area contributed by atoms with E-state index in [2.05, 4.69) is 10.4 Å². The largest absolute Gasteiger partial charge is 0.493 e. The van der Waals surface area contributed by atoms with E-state index in [-0.39, 0.29) is 30.0 Å². The number of hydrazone groups is 1. The number of anilines is 1. The van der Waals surface area contributed by atoms with Crippen LogP contribution < -0.4 is 14.8 Å². The highest BCUT2D eigenvalue weighted by Crippen LogP contribution is 2.32. The highest BCUT2D eigenvalue weighted by Gasteiger charge is 2.29. The predicted octanol–water partition coefficient (Wildman–Crippen LogP) is 5.01. The van der Waals surface area contributed by atoms with Crippen LogP contribution in [0.2, 0.25) is 0 Å². The molecule has 0 fully saturated rings. The van der Waals surface area contributed by atoms with Gasteiger partial charge in [0.15, 0.2) is 17.3 Å². The number of nitrogens with zero attached hydrogens (tertiary/aromatic N) is 2. The third-order valence-corrected chi connectivity index (χ3v) is 5.78. The summed E-state index contributed by atoms with van der Waals surface area (Å²) in [6.45, 7) is 1.34. The van der Waals surface area contributed by atoms with Crippen molar-refractivity contribution in [3.63, 3.8) is 0 Å². The molecular weight excluding hydrogens is 453 g/mol. The van der Waals surface area contributed by atoms with Crippen LogP contribution in [0.3, 0.4) is 0 Å². The van der Waals surface area contributed by atoms with E-state index in [0.29, 0.717) is 23.6 Å². The van der Waals surface area contributed by atoms with Crippen molar-refractivity contribution in [3.8, 4) is 11.5 Å². The molecule has 1 unspecified atom stereocenters. The van der Waals surface area contributed by atoms with Gasteiger partial charge in [-0.1, -0.05) is 19.1 Å². The molecule has 35 heavy (non-hydrogen) atoms. The number of benzene rings is 2. The zero-order chi connectivity index (χ0) is 24.8. The lowest BCUT2D eigenvalue weighted by atomic mass is 9.89. The van der Waals surface area contributed by atoms with Gasteiger partial charge in [-0.2, -0.15) is 5.10 Å². The maximum Gasteiger partial charge on any atom is 0.291 e. The van der Waals surface area contributed by atoms with Crippen molar-refractivity contribution in [2.75, 3.05) is 19.3 Å². The Balaban J connectivity index is 1.52. The summed E-state index contributed by atoms with van der Waals surface area (Å²) in [4.78, 5) is 25.0. The number of hydrogen-bond donors (Lipinski definition) is 1. The molecule has 8 nitrogen and oxygen atoms in total. The molecule has 0 aliphatic carbocycles. The van der Waals surface area contributed by atoms with E-state index in [4.69, 9.17) is 13.9 Å². The highest BCUT2D eigenvalue weighted by molar-refractivity contribution is 6.06. The Morgan fingerprint density at radius 1 is 1.20 bits per heavy atom. The molecule has 4 rings (SSSR count). The Morgan fingerprint density at radius 2 is 2.00 bits per heavy atom. The summed E-state index contributed by atoms with van der Waals surface area (Å²) in [6.07, 6.45) is 2.51. The normalized spacial score (nSPS) is 15.5. The van der Waals surface area contributed by atoms with Crippen LogP contribution in [-0.2, 0) is 11.3 Å². The molecule has 9 heteroatoms. The van der Waals surface area contributed by atoms with Crippen LogP contribution in [0.5, 0.6) is 11.5 Å². The van der Waals surface area contributed by atoms with Crippen molar-refractivity contribution in [1.29, 1.82) is 0 Å². The number of carbonyl (C=O) groups is 2. The van der Waals surface area contributed by atoms with Crippen molar-refractivity contribution in [1.82, 2.24) is 5.01 Å². The summed E-state index contributed by atoms with van der Waals surface area (Å²) in [6, 6.07) is 15.6. The molecule has 0 radical (unpaired) electrons. The lowest BCUT2D eigenvalue weighted by Gasteiger charge is -2.29. The molecule has 0 saturated heterocycles. The van der Waals surface area contributed by atoms with Crippen LogP contribution in [0.1, 0.15) is 41.4 Å². The van der Waals surface area contributed by atoms with Gasteiger partial charge >= 0.3 is 0 Å². The lowest BCUT2D eigenvalue weighted by Crippen LogP contribution is -2.36. The van der Waals surface area contributed by atoms with Crippen molar-refractivity contribution in [2.45, 2.75) is 26.3 Å². The number of hydrogen-bond acceptors (Lipinski definition) is 6. The first-order chi connectivity index (χ1) is 17.0. The molecule has 3 aromatic rings. The minimum Gasteiger partial charge on any atom is -0.493 e.